The van der Waals surface area contributed by atoms with Crippen LogP contribution in [0.1, 0.15) is 16.1 Å². The van der Waals surface area contributed by atoms with Crippen LogP contribution in [0.15, 0.2) is 88.4 Å². The van der Waals surface area contributed by atoms with Crippen LogP contribution in [0.5, 0.6) is 0 Å². The Labute approximate surface area is 198 Å². The van der Waals surface area contributed by atoms with E-state index in [9.17, 15) is 13.2 Å². The molecule has 0 bridgehead atoms. The Morgan fingerprint density at radius 3 is 2.58 bits per heavy atom. The van der Waals surface area contributed by atoms with Crippen molar-refractivity contribution >= 4 is 37.5 Å². The van der Waals surface area contributed by atoms with Crippen LogP contribution in [0.2, 0.25) is 0 Å². The number of primary sulfonamides is 1. The average molecular weight is 522 g/mol. The van der Waals surface area contributed by atoms with E-state index >= 15 is 0 Å². The van der Waals surface area contributed by atoms with Gasteiger partial charge in [-0.2, -0.15) is 10.4 Å². The van der Waals surface area contributed by atoms with Gasteiger partial charge in [0, 0.05) is 10.0 Å². The van der Waals surface area contributed by atoms with Crippen LogP contribution in [-0.2, 0) is 10.0 Å². The van der Waals surface area contributed by atoms with Gasteiger partial charge >= 0.3 is 0 Å². The first-order chi connectivity index (χ1) is 15.8. The van der Waals surface area contributed by atoms with Crippen molar-refractivity contribution in [1.82, 2.24) is 9.78 Å². The van der Waals surface area contributed by atoms with Crippen molar-refractivity contribution in [2.45, 2.75) is 4.90 Å². The highest BCUT2D eigenvalue weighted by atomic mass is 79.9. The first-order valence-corrected chi connectivity index (χ1v) is 11.9. The van der Waals surface area contributed by atoms with Crippen LogP contribution in [0.3, 0.4) is 0 Å². The Balaban J connectivity index is 1.63. The summed E-state index contributed by atoms with van der Waals surface area (Å²) in [6, 6.07) is 21.9. The van der Waals surface area contributed by atoms with Gasteiger partial charge in [0.15, 0.2) is 0 Å². The molecule has 33 heavy (non-hydrogen) atoms. The van der Waals surface area contributed by atoms with Gasteiger partial charge in [-0.1, -0.05) is 30.3 Å². The minimum atomic E-state index is -3.90. The minimum Gasteiger partial charge on any atom is -0.320 e. The average Bonchev–Trinajstić information content (AvgIpc) is 3.30. The summed E-state index contributed by atoms with van der Waals surface area (Å²) in [7, 11) is -3.90. The van der Waals surface area contributed by atoms with Gasteiger partial charge in [0.1, 0.15) is 5.69 Å². The normalized spacial score (nSPS) is 11.1. The van der Waals surface area contributed by atoms with Crippen molar-refractivity contribution in [3.63, 3.8) is 0 Å². The molecule has 0 aliphatic rings. The van der Waals surface area contributed by atoms with Crippen molar-refractivity contribution in [2.75, 3.05) is 5.32 Å². The number of aromatic nitrogens is 2. The molecule has 164 valence electrons. The third-order valence-electron chi connectivity index (χ3n) is 4.82. The zero-order chi connectivity index (χ0) is 23.6. The van der Waals surface area contributed by atoms with E-state index in [1.54, 1.807) is 66.7 Å². The molecule has 0 unspecified atom stereocenters. The summed E-state index contributed by atoms with van der Waals surface area (Å²) in [5.74, 6) is -0.409. The van der Waals surface area contributed by atoms with Crippen molar-refractivity contribution in [3.8, 4) is 22.9 Å². The lowest BCUT2D eigenvalue weighted by atomic mass is 10.1. The lowest BCUT2D eigenvalue weighted by Gasteiger charge is -2.12. The first kappa shape index (κ1) is 22.4. The van der Waals surface area contributed by atoms with E-state index in [2.05, 4.69) is 32.4 Å². The number of nitrogens with two attached hydrogens (primary N) is 1. The number of hydrogen-bond donors (Lipinski definition) is 2. The predicted molar refractivity (Wildman–Crippen MR) is 127 cm³/mol. The van der Waals surface area contributed by atoms with E-state index in [0.29, 0.717) is 32.5 Å². The summed E-state index contributed by atoms with van der Waals surface area (Å²) in [5.41, 5.74) is 2.86. The SMILES string of the molecule is N#Cc1cccc(-n2nccc2C(=O)Nc2ccc(-c3ccccc3S(N)(=O)=O)cc2Br)c1. The minimum absolute atomic E-state index is 0.0113. The maximum Gasteiger partial charge on any atom is 0.274 e. The summed E-state index contributed by atoms with van der Waals surface area (Å²) < 4.78 is 25.9. The number of benzene rings is 3. The molecule has 4 rings (SSSR count). The number of nitriles is 1. The van der Waals surface area contributed by atoms with Gasteiger partial charge in [-0.05, 0) is 64.0 Å². The van der Waals surface area contributed by atoms with Crippen molar-refractivity contribution in [2.24, 2.45) is 5.14 Å². The molecule has 10 heteroatoms. The molecule has 0 atom stereocenters. The fourth-order valence-electron chi connectivity index (χ4n) is 3.31. The molecule has 8 nitrogen and oxygen atoms in total. The molecule has 0 saturated heterocycles. The number of nitrogens with one attached hydrogen (secondary N) is 1. The molecule has 0 radical (unpaired) electrons. The third-order valence-corrected chi connectivity index (χ3v) is 6.44. The van der Waals surface area contributed by atoms with Gasteiger partial charge in [0.25, 0.3) is 5.91 Å². The number of halogens is 1. The van der Waals surface area contributed by atoms with E-state index in [-0.39, 0.29) is 10.6 Å². The van der Waals surface area contributed by atoms with Crippen LogP contribution in [-0.4, -0.2) is 24.1 Å². The number of carbonyl (C=O) groups is 1. The number of nitrogens with zero attached hydrogens (tertiary/aromatic N) is 3. The molecule has 0 aliphatic heterocycles. The highest BCUT2D eigenvalue weighted by molar-refractivity contribution is 9.10. The Hall–Kier alpha value is -3.78. The van der Waals surface area contributed by atoms with E-state index < -0.39 is 15.9 Å². The van der Waals surface area contributed by atoms with Crippen LogP contribution < -0.4 is 10.5 Å². The van der Waals surface area contributed by atoms with Gasteiger partial charge < -0.3 is 5.32 Å². The van der Waals surface area contributed by atoms with Gasteiger partial charge in [-0.25, -0.2) is 18.2 Å². The van der Waals surface area contributed by atoms with Gasteiger partial charge in [0.05, 0.1) is 34.1 Å². The molecule has 1 amide bonds. The molecule has 4 aromatic rings. The van der Waals surface area contributed by atoms with E-state index in [4.69, 9.17) is 10.4 Å². The lowest BCUT2D eigenvalue weighted by Crippen LogP contribution is -2.17. The number of carbonyl (C=O) groups excluding carboxylic acids is 1. The Morgan fingerprint density at radius 1 is 1.06 bits per heavy atom. The van der Waals surface area contributed by atoms with E-state index in [0.717, 1.165) is 0 Å². The zero-order valence-electron chi connectivity index (χ0n) is 16.9. The maximum absolute atomic E-state index is 13.0. The smallest absolute Gasteiger partial charge is 0.274 e. The number of amides is 1. The number of rotatable bonds is 5. The molecule has 3 N–H and O–H groups in total. The molecular weight excluding hydrogens is 506 g/mol. The fourth-order valence-corrected chi connectivity index (χ4v) is 4.55. The third kappa shape index (κ3) is 4.70. The Bertz CT molecular complexity index is 1520. The quantitative estimate of drug-likeness (QED) is 0.408. The maximum atomic E-state index is 13.0. The first-order valence-electron chi connectivity index (χ1n) is 9.55. The molecular formula is C23H16BrN5O3S. The molecule has 3 aromatic carbocycles. The Morgan fingerprint density at radius 2 is 1.85 bits per heavy atom. The lowest BCUT2D eigenvalue weighted by molar-refractivity contribution is 0.101. The van der Waals surface area contributed by atoms with Crippen LogP contribution >= 0.6 is 15.9 Å². The van der Waals surface area contributed by atoms with Crippen LogP contribution in [0.4, 0.5) is 5.69 Å². The van der Waals surface area contributed by atoms with Crippen LogP contribution in [0, 0.1) is 11.3 Å². The van der Waals surface area contributed by atoms with Gasteiger partial charge in [-0.3, -0.25) is 4.79 Å². The molecule has 0 aliphatic carbocycles. The summed E-state index contributed by atoms with van der Waals surface area (Å²) in [6.07, 6.45) is 1.50. The molecule has 0 saturated carbocycles. The number of anilines is 1. The highest BCUT2D eigenvalue weighted by Crippen LogP contribution is 2.32. The summed E-state index contributed by atoms with van der Waals surface area (Å²) >= 11 is 3.44. The second-order valence-electron chi connectivity index (χ2n) is 6.98. The summed E-state index contributed by atoms with van der Waals surface area (Å²) in [4.78, 5) is 13.0. The van der Waals surface area contributed by atoms with Crippen LogP contribution in [0.25, 0.3) is 16.8 Å². The molecule has 1 aromatic heterocycles. The van der Waals surface area contributed by atoms with Crippen molar-refractivity contribution in [3.05, 3.63) is 94.7 Å². The van der Waals surface area contributed by atoms with Gasteiger partial charge in [0.2, 0.25) is 10.0 Å². The highest BCUT2D eigenvalue weighted by Gasteiger charge is 2.18. The standard InChI is InChI=1S/C23H16BrN5O3S/c24-19-13-16(18-6-1-2-7-22(18)33(26,31)32)8-9-20(19)28-23(30)21-10-11-27-29(21)17-5-3-4-15(12-17)14-25/h1-13H,(H,28,30)(H2,26,31,32). The predicted octanol–water partition coefficient (Wildman–Crippen LogP) is 4.07. The molecule has 1 heterocycles. The Kier molecular flexibility index (Phi) is 6.11. The molecule has 0 spiro atoms. The van der Waals surface area contributed by atoms with E-state index in [1.807, 2.05) is 0 Å². The fraction of sp³-hybridized carbons (Fsp3) is 0. The van der Waals surface area contributed by atoms with Crippen molar-refractivity contribution < 1.29 is 13.2 Å². The monoisotopic (exact) mass is 521 g/mol. The second-order valence-corrected chi connectivity index (χ2v) is 9.36. The van der Waals surface area contributed by atoms with Gasteiger partial charge in [-0.15, -0.1) is 0 Å². The second kappa shape index (κ2) is 8.99. The summed E-state index contributed by atoms with van der Waals surface area (Å²) in [5, 5.41) is 21.5. The largest absolute Gasteiger partial charge is 0.320 e. The topological polar surface area (TPSA) is 131 Å². The zero-order valence-corrected chi connectivity index (χ0v) is 19.3. The summed E-state index contributed by atoms with van der Waals surface area (Å²) in [6.45, 7) is 0. The van der Waals surface area contributed by atoms with Crippen molar-refractivity contribution in [1.29, 1.82) is 5.26 Å². The molecule has 0 fully saturated rings. The van der Waals surface area contributed by atoms with E-state index in [1.165, 1.54) is 16.9 Å². The number of hydrogen-bond acceptors (Lipinski definition) is 5. The number of sulfonamides is 1.